The van der Waals surface area contributed by atoms with Gasteiger partial charge in [-0.1, -0.05) is 13.8 Å². The van der Waals surface area contributed by atoms with Gasteiger partial charge in [0.25, 0.3) is 0 Å². The van der Waals surface area contributed by atoms with Crippen LogP contribution in [0.25, 0.3) is 0 Å². The van der Waals surface area contributed by atoms with E-state index in [4.69, 9.17) is 4.74 Å². The molecule has 18 heavy (non-hydrogen) atoms. The lowest BCUT2D eigenvalue weighted by Gasteiger charge is -2.40. The van der Waals surface area contributed by atoms with Gasteiger partial charge in [0.2, 0.25) is 0 Å². The molecule has 2 aliphatic rings. The second kappa shape index (κ2) is 4.24. The van der Waals surface area contributed by atoms with Gasteiger partial charge in [0.15, 0.2) is 0 Å². The first-order chi connectivity index (χ1) is 8.19. The third-order valence-corrected chi connectivity index (χ3v) is 3.22. The Morgan fingerprint density at radius 3 is 2.78 bits per heavy atom. The average molecular weight is 253 g/mol. The van der Waals surface area contributed by atoms with Crippen LogP contribution in [0, 0.1) is 5.41 Å². The molecule has 0 bridgehead atoms. The molecular formula is C13H23N3O2. The van der Waals surface area contributed by atoms with E-state index in [0.717, 1.165) is 6.54 Å². The number of carbonyl (C=O) groups excluding carboxylic acids is 1. The summed E-state index contributed by atoms with van der Waals surface area (Å²) in [6, 6.07) is 0.288. The van der Waals surface area contributed by atoms with Crippen molar-refractivity contribution in [2.75, 3.05) is 13.1 Å². The Bertz CT molecular complexity index is 382. The van der Waals surface area contributed by atoms with Crippen molar-refractivity contribution >= 4 is 6.09 Å². The lowest BCUT2D eigenvalue weighted by molar-refractivity contribution is 0.0240. The van der Waals surface area contributed by atoms with Crippen molar-refractivity contribution in [2.45, 2.75) is 46.3 Å². The van der Waals surface area contributed by atoms with Gasteiger partial charge in [-0.3, -0.25) is 10.3 Å². The number of rotatable bonds is 0. The van der Waals surface area contributed by atoms with E-state index in [2.05, 4.69) is 24.7 Å². The number of nitrogens with one attached hydrogen (secondary N) is 2. The van der Waals surface area contributed by atoms with Crippen molar-refractivity contribution in [2.24, 2.45) is 5.41 Å². The van der Waals surface area contributed by atoms with E-state index in [0.29, 0.717) is 6.54 Å². The largest absolute Gasteiger partial charge is 0.443 e. The van der Waals surface area contributed by atoms with Crippen LogP contribution in [0.4, 0.5) is 4.79 Å². The lowest BCUT2D eigenvalue weighted by atomic mass is 9.79. The van der Waals surface area contributed by atoms with Crippen LogP contribution in [-0.2, 0) is 4.74 Å². The molecule has 0 unspecified atom stereocenters. The van der Waals surface area contributed by atoms with Gasteiger partial charge in [-0.25, -0.2) is 10.2 Å². The zero-order chi connectivity index (χ0) is 13.6. The van der Waals surface area contributed by atoms with E-state index >= 15 is 0 Å². The maximum absolute atomic E-state index is 12.1. The van der Waals surface area contributed by atoms with Gasteiger partial charge in [0, 0.05) is 24.7 Å². The second-order valence-corrected chi connectivity index (χ2v) is 6.73. The average Bonchev–Trinajstić information content (AvgIpc) is 2.62. The van der Waals surface area contributed by atoms with Crippen LogP contribution >= 0.6 is 0 Å². The summed E-state index contributed by atoms with van der Waals surface area (Å²) in [5.74, 6) is 0. The predicted molar refractivity (Wildman–Crippen MR) is 69.7 cm³/mol. The Balaban J connectivity index is 2.16. The van der Waals surface area contributed by atoms with E-state index in [1.807, 2.05) is 27.0 Å². The highest BCUT2D eigenvalue weighted by molar-refractivity contribution is 5.70. The van der Waals surface area contributed by atoms with Crippen molar-refractivity contribution in [3.05, 3.63) is 11.8 Å². The van der Waals surface area contributed by atoms with Crippen LogP contribution in [-0.4, -0.2) is 35.7 Å². The molecule has 102 valence electrons. The molecule has 1 atom stereocenters. The summed E-state index contributed by atoms with van der Waals surface area (Å²) < 4.78 is 5.42. The minimum absolute atomic E-state index is 0.00944. The lowest BCUT2D eigenvalue weighted by Crippen LogP contribution is -2.51. The number of fused-ring (bicyclic) bond motifs is 1. The van der Waals surface area contributed by atoms with Crippen LogP contribution in [0.2, 0.25) is 0 Å². The van der Waals surface area contributed by atoms with Crippen molar-refractivity contribution in [3.8, 4) is 0 Å². The molecule has 5 heteroatoms. The second-order valence-electron chi connectivity index (χ2n) is 6.73. The summed E-state index contributed by atoms with van der Waals surface area (Å²) in [5.41, 5.74) is 7.13. The van der Waals surface area contributed by atoms with Gasteiger partial charge in [0.1, 0.15) is 5.60 Å². The smallest absolute Gasteiger partial charge is 0.414 e. The Morgan fingerprint density at radius 2 is 2.17 bits per heavy atom. The molecule has 1 saturated heterocycles. The number of hydrogen-bond acceptors (Lipinski definition) is 4. The number of ether oxygens (including phenoxy) is 1. The van der Waals surface area contributed by atoms with Crippen LogP contribution in [0.15, 0.2) is 11.8 Å². The fourth-order valence-corrected chi connectivity index (χ4v) is 2.48. The first kappa shape index (κ1) is 13.4. The molecule has 0 aliphatic carbocycles. The number of nitrogens with zero attached hydrogens (tertiary/aromatic N) is 1. The van der Waals surface area contributed by atoms with E-state index in [9.17, 15) is 4.79 Å². The maximum atomic E-state index is 12.1. The molecule has 5 nitrogen and oxygen atoms in total. The summed E-state index contributed by atoms with van der Waals surface area (Å²) in [5, 5.41) is 0. The molecule has 1 fully saturated rings. The molecule has 2 N–H and O–H groups in total. The number of hydrazine groups is 1. The summed E-state index contributed by atoms with van der Waals surface area (Å²) in [6.07, 6.45) is 1.64. The molecule has 1 amide bonds. The normalized spacial score (nSPS) is 26.6. The van der Waals surface area contributed by atoms with Crippen molar-refractivity contribution < 1.29 is 9.53 Å². The number of carbonyl (C=O) groups is 1. The topological polar surface area (TPSA) is 53.6 Å². The summed E-state index contributed by atoms with van der Waals surface area (Å²) in [4.78, 5) is 13.8. The molecular weight excluding hydrogens is 230 g/mol. The number of amides is 1. The van der Waals surface area contributed by atoms with Crippen LogP contribution in [0.1, 0.15) is 34.6 Å². The number of hydrogen-bond donors (Lipinski definition) is 2. The SMILES string of the molecule is CC(C)(C)OC(=O)N1C=C2CNN[C@H]2C(C)(C)C1. The van der Waals surface area contributed by atoms with Crippen LogP contribution < -0.4 is 10.9 Å². The highest BCUT2D eigenvalue weighted by Crippen LogP contribution is 2.33. The first-order valence-electron chi connectivity index (χ1n) is 6.38. The molecule has 2 heterocycles. The van der Waals surface area contributed by atoms with Gasteiger partial charge >= 0.3 is 6.09 Å². The Kier molecular flexibility index (Phi) is 3.15. The molecule has 2 aliphatic heterocycles. The fourth-order valence-electron chi connectivity index (χ4n) is 2.48. The van der Waals surface area contributed by atoms with Gasteiger partial charge in [0.05, 0.1) is 6.04 Å². The monoisotopic (exact) mass is 253 g/mol. The summed E-state index contributed by atoms with van der Waals surface area (Å²) >= 11 is 0. The zero-order valence-electron chi connectivity index (χ0n) is 11.8. The van der Waals surface area contributed by atoms with Crippen LogP contribution in [0.5, 0.6) is 0 Å². The van der Waals surface area contributed by atoms with Gasteiger partial charge in [-0.15, -0.1) is 0 Å². The molecule has 0 spiro atoms. The van der Waals surface area contributed by atoms with E-state index in [1.54, 1.807) is 4.90 Å². The predicted octanol–water partition coefficient (Wildman–Crippen LogP) is 1.62. The molecule has 0 radical (unpaired) electrons. The van der Waals surface area contributed by atoms with Gasteiger partial charge in [-0.2, -0.15) is 0 Å². The minimum Gasteiger partial charge on any atom is -0.443 e. The van der Waals surface area contributed by atoms with Crippen molar-refractivity contribution in [1.82, 2.24) is 15.8 Å². The first-order valence-corrected chi connectivity index (χ1v) is 6.38. The maximum Gasteiger partial charge on any atom is 0.414 e. The molecule has 0 saturated carbocycles. The standard InChI is InChI=1S/C13H23N3O2/c1-12(2,3)18-11(17)16-7-9-6-14-15-10(9)13(4,5)8-16/h7,10,14-15H,6,8H2,1-5H3/t10-/m1/s1. The van der Waals surface area contributed by atoms with Crippen molar-refractivity contribution in [1.29, 1.82) is 0 Å². The third-order valence-electron chi connectivity index (χ3n) is 3.22. The Hall–Kier alpha value is -1.07. The summed E-state index contributed by atoms with van der Waals surface area (Å²) in [6.45, 7) is 11.4. The fraction of sp³-hybridized carbons (Fsp3) is 0.769. The molecule has 0 aromatic heterocycles. The molecule has 0 aromatic rings. The third kappa shape index (κ3) is 2.67. The molecule has 0 aromatic carbocycles. The van der Waals surface area contributed by atoms with Crippen molar-refractivity contribution in [3.63, 3.8) is 0 Å². The highest BCUT2D eigenvalue weighted by atomic mass is 16.6. The van der Waals surface area contributed by atoms with E-state index in [-0.39, 0.29) is 17.6 Å². The summed E-state index contributed by atoms with van der Waals surface area (Å²) in [7, 11) is 0. The highest BCUT2D eigenvalue weighted by Gasteiger charge is 2.42. The molecule has 2 rings (SSSR count). The van der Waals surface area contributed by atoms with Gasteiger partial charge in [-0.05, 0) is 26.3 Å². The van der Waals surface area contributed by atoms with Crippen LogP contribution in [0.3, 0.4) is 0 Å². The van der Waals surface area contributed by atoms with E-state index < -0.39 is 5.60 Å². The minimum atomic E-state index is -0.456. The quantitative estimate of drug-likeness (QED) is 0.689. The Labute approximate surface area is 109 Å². The zero-order valence-corrected chi connectivity index (χ0v) is 11.8. The van der Waals surface area contributed by atoms with E-state index in [1.165, 1.54) is 5.57 Å². The Morgan fingerprint density at radius 1 is 1.50 bits per heavy atom. The van der Waals surface area contributed by atoms with Gasteiger partial charge < -0.3 is 4.74 Å².